The summed E-state index contributed by atoms with van der Waals surface area (Å²) in [5, 5.41) is 0. The molecule has 2 heterocycles. The lowest BCUT2D eigenvalue weighted by atomic mass is 10.3. The molecule has 0 aliphatic carbocycles. The maximum Gasteiger partial charge on any atom is 0.348 e. The van der Waals surface area contributed by atoms with Gasteiger partial charge in [0.1, 0.15) is 4.88 Å². The van der Waals surface area contributed by atoms with Gasteiger partial charge < -0.3 is 9.72 Å². The average Bonchev–Trinajstić information content (AvgIpc) is 2.69. The molecule has 0 spiro atoms. The monoisotopic (exact) mass is 209 g/mol. The molecule has 0 aliphatic rings. The molecular formula is C10H11NO2S. The zero-order valence-electron chi connectivity index (χ0n) is 8.09. The molecule has 0 radical (unpaired) electrons. The summed E-state index contributed by atoms with van der Waals surface area (Å²) in [4.78, 5) is 15.2. The van der Waals surface area contributed by atoms with Crippen LogP contribution in [0.5, 0.6) is 0 Å². The predicted molar refractivity (Wildman–Crippen MR) is 56.9 cm³/mol. The fraction of sp³-hybridized carbons (Fsp3) is 0.300. The molecule has 0 aromatic carbocycles. The van der Waals surface area contributed by atoms with Crippen LogP contribution >= 0.6 is 11.3 Å². The van der Waals surface area contributed by atoms with Gasteiger partial charge in [-0.25, -0.2) is 4.79 Å². The van der Waals surface area contributed by atoms with E-state index in [0.717, 1.165) is 10.2 Å². The zero-order valence-corrected chi connectivity index (χ0v) is 8.90. The van der Waals surface area contributed by atoms with E-state index in [1.807, 2.05) is 26.1 Å². The molecule has 1 N–H and O–H groups in total. The van der Waals surface area contributed by atoms with E-state index >= 15 is 0 Å². The van der Waals surface area contributed by atoms with Crippen molar-refractivity contribution < 1.29 is 9.53 Å². The van der Waals surface area contributed by atoms with Gasteiger partial charge in [-0.1, -0.05) is 0 Å². The van der Waals surface area contributed by atoms with E-state index in [1.54, 1.807) is 0 Å². The number of hydrogen-bond acceptors (Lipinski definition) is 3. The van der Waals surface area contributed by atoms with Gasteiger partial charge in [-0.15, -0.1) is 11.3 Å². The Morgan fingerprint density at radius 1 is 1.64 bits per heavy atom. The summed E-state index contributed by atoms with van der Waals surface area (Å²) in [6, 6.07) is 1.84. The summed E-state index contributed by atoms with van der Waals surface area (Å²) in [6.45, 7) is 4.25. The summed E-state index contributed by atoms with van der Waals surface area (Å²) in [6.07, 6.45) is 1.94. The van der Waals surface area contributed by atoms with Crippen molar-refractivity contribution in [2.75, 3.05) is 6.61 Å². The number of carbonyl (C=O) groups excluding carboxylic acids is 1. The van der Waals surface area contributed by atoms with Crippen LogP contribution in [-0.4, -0.2) is 17.6 Å². The number of esters is 1. The van der Waals surface area contributed by atoms with Crippen LogP contribution in [-0.2, 0) is 4.74 Å². The average molecular weight is 209 g/mol. The number of nitrogens with one attached hydrogen (secondary N) is 1. The molecule has 0 aliphatic heterocycles. The quantitative estimate of drug-likeness (QED) is 0.773. The van der Waals surface area contributed by atoms with E-state index < -0.39 is 0 Å². The molecule has 14 heavy (non-hydrogen) atoms. The predicted octanol–water partition coefficient (Wildman–Crippen LogP) is 2.71. The van der Waals surface area contributed by atoms with Crippen molar-refractivity contribution >= 4 is 27.5 Å². The second kappa shape index (κ2) is 3.46. The Kier molecular flexibility index (Phi) is 2.29. The van der Waals surface area contributed by atoms with Crippen molar-refractivity contribution in [2.45, 2.75) is 13.8 Å². The van der Waals surface area contributed by atoms with E-state index in [-0.39, 0.29) is 5.97 Å². The molecule has 4 heteroatoms. The van der Waals surface area contributed by atoms with E-state index in [2.05, 4.69) is 4.98 Å². The lowest BCUT2D eigenvalue weighted by molar-refractivity contribution is 0.0532. The van der Waals surface area contributed by atoms with Gasteiger partial charge in [-0.2, -0.15) is 0 Å². The van der Waals surface area contributed by atoms with Crippen LogP contribution in [0, 0.1) is 6.92 Å². The van der Waals surface area contributed by atoms with Gasteiger partial charge in [-0.05, 0) is 25.5 Å². The Hall–Kier alpha value is -1.29. The largest absolute Gasteiger partial charge is 0.462 e. The van der Waals surface area contributed by atoms with E-state index in [0.29, 0.717) is 11.5 Å². The second-order valence-electron chi connectivity index (χ2n) is 3.05. The number of H-pyrrole nitrogens is 1. The summed E-state index contributed by atoms with van der Waals surface area (Å²) in [7, 11) is 0. The smallest absolute Gasteiger partial charge is 0.348 e. The van der Waals surface area contributed by atoms with Crippen LogP contribution in [0.3, 0.4) is 0 Å². The highest BCUT2D eigenvalue weighted by atomic mass is 32.1. The first-order valence-electron chi connectivity index (χ1n) is 4.47. The van der Waals surface area contributed by atoms with Crippen LogP contribution in [0.4, 0.5) is 0 Å². The molecule has 0 bridgehead atoms. The van der Waals surface area contributed by atoms with Crippen LogP contribution < -0.4 is 0 Å². The summed E-state index contributed by atoms with van der Waals surface area (Å²) < 4.78 is 6.06. The van der Waals surface area contributed by atoms with Gasteiger partial charge in [0.05, 0.1) is 16.8 Å². The van der Waals surface area contributed by atoms with E-state index in [1.165, 1.54) is 16.9 Å². The van der Waals surface area contributed by atoms with Crippen LogP contribution in [0.15, 0.2) is 12.3 Å². The fourth-order valence-corrected chi connectivity index (χ4v) is 2.33. The number of carbonyl (C=O) groups is 1. The van der Waals surface area contributed by atoms with Crippen LogP contribution in [0.2, 0.25) is 0 Å². The molecule has 3 nitrogen and oxygen atoms in total. The molecule has 2 aromatic rings. The Bertz CT molecular complexity index is 469. The Labute approximate surface area is 85.7 Å². The lowest BCUT2D eigenvalue weighted by Crippen LogP contribution is -2.01. The minimum absolute atomic E-state index is 0.235. The third-order valence-electron chi connectivity index (χ3n) is 2.01. The van der Waals surface area contributed by atoms with Crippen molar-refractivity contribution in [3.05, 3.63) is 22.7 Å². The van der Waals surface area contributed by atoms with Gasteiger partial charge >= 0.3 is 5.97 Å². The summed E-state index contributed by atoms with van der Waals surface area (Å²) in [5.41, 5.74) is 2.18. The Balaban J connectivity index is 2.40. The third kappa shape index (κ3) is 1.42. The van der Waals surface area contributed by atoms with Crippen molar-refractivity contribution in [1.29, 1.82) is 0 Å². The standard InChI is InChI=1S/C10H11NO2S/c1-3-13-10(12)8-4-7-9(14-8)6(2)5-11-7/h4-5,11H,3H2,1-2H3. The van der Waals surface area contributed by atoms with Gasteiger partial charge in [0.25, 0.3) is 0 Å². The topological polar surface area (TPSA) is 42.1 Å². The number of ether oxygens (including phenoxy) is 1. The number of aryl methyl sites for hydroxylation is 1. The highest BCUT2D eigenvalue weighted by molar-refractivity contribution is 7.20. The minimum atomic E-state index is -0.235. The number of aromatic nitrogens is 1. The van der Waals surface area contributed by atoms with Gasteiger partial charge in [0, 0.05) is 6.20 Å². The van der Waals surface area contributed by atoms with Crippen molar-refractivity contribution in [2.24, 2.45) is 0 Å². The van der Waals surface area contributed by atoms with Crippen LogP contribution in [0.25, 0.3) is 10.2 Å². The van der Waals surface area contributed by atoms with E-state index in [9.17, 15) is 4.79 Å². The Morgan fingerprint density at radius 2 is 2.43 bits per heavy atom. The molecule has 0 saturated heterocycles. The number of fused-ring (bicyclic) bond motifs is 1. The van der Waals surface area contributed by atoms with E-state index in [4.69, 9.17) is 4.74 Å². The maximum absolute atomic E-state index is 11.4. The second-order valence-corrected chi connectivity index (χ2v) is 4.10. The molecule has 0 saturated carbocycles. The first kappa shape index (κ1) is 9.27. The first-order valence-corrected chi connectivity index (χ1v) is 5.28. The number of aromatic amines is 1. The third-order valence-corrected chi connectivity index (χ3v) is 3.26. The molecule has 74 valence electrons. The maximum atomic E-state index is 11.4. The van der Waals surface area contributed by atoms with Crippen molar-refractivity contribution in [3.63, 3.8) is 0 Å². The molecule has 0 atom stereocenters. The normalized spacial score (nSPS) is 10.7. The lowest BCUT2D eigenvalue weighted by Gasteiger charge is -1.96. The minimum Gasteiger partial charge on any atom is -0.462 e. The number of rotatable bonds is 2. The molecule has 0 amide bonds. The van der Waals surface area contributed by atoms with Gasteiger partial charge in [-0.3, -0.25) is 0 Å². The SMILES string of the molecule is CCOC(=O)c1cc2[nH]cc(C)c2s1. The molecular weight excluding hydrogens is 198 g/mol. The number of hydrogen-bond donors (Lipinski definition) is 1. The summed E-state index contributed by atoms with van der Waals surface area (Å²) in [5.74, 6) is -0.235. The van der Waals surface area contributed by atoms with Gasteiger partial charge in [0.15, 0.2) is 0 Å². The first-order chi connectivity index (χ1) is 6.72. The molecule has 0 unspecified atom stereocenters. The fourth-order valence-electron chi connectivity index (χ4n) is 1.35. The molecule has 0 fully saturated rings. The van der Waals surface area contributed by atoms with Crippen molar-refractivity contribution in [1.82, 2.24) is 4.98 Å². The summed E-state index contributed by atoms with van der Waals surface area (Å²) >= 11 is 1.47. The number of thiophene rings is 1. The van der Waals surface area contributed by atoms with Crippen molar-refractivity contribution in [3.8, 4) is 0 Å². The highest BCUT2D eigenvalue weighted by Gasteiger charge is 2.12. The van der Waals surface area contributed by atoms with Gasteiger partial charge in [0.2, 0.25) is 0 Å². The molecule has 2 rings (SSSR count). The molecule has 2 aromatic heterocycles. The Morgan fingerprint density at radius 3 is 3.07 bits per heavy atom. The highest BCUT2D eigenvalue weighted by Crippen LogP contribution is 2.28. The zero-order chi connectivity index (χ0) is 10.1. The van der Waals surface area contributed by atoms with Crippen LogP contribution in [0.1, 0.15) is 22.2 Å².